The quantitative estimate of drug-likeness (QED) is 0.806. The highest BCUT2D eigenvalue weighted by atomic mass is 16.5. The maximum absolute atomic E-state index is 5.99. The summed E-state index contributed by atoms with van der Waals surface area (Å²) in [5.74, 6) is 1.75. The lowest BCUT2D eigenvalue weighted by atomic mass is 9.89. The predicted molar refractivity (Wildman–Crippen MR) is 73.3 cm³/mol. The van der Waals surface area contributed by atoms with Gasteiger partial charge in [-0.2, -0.15) is 0 Å². The molecule has 1 fully saturated rings. The van der Waals surface area contributed by atoms with Gasteiger partial charge < -0.3 is 14.8 Å². The van der Waals surface area contributed by atoms with Crippen molar-refractivity contribution in [3.05, 3.63) is 24.3 Å². The summed E-state index contributed by atoms with van der Waals surface area (Å²) < 4.78 is 11.7. The van der Waals surface area contributed by atoms with Crippen LogP contribution in [0.5, 0.6) is 11.5 Å². The fourth-order valence-electron chi connectivity index (χ4n) is 2.18. The molecule has 1 aromatic rings. The van der Waals surface area contributed by atoms with E-state index in [0.29, 0.717) is 12.1 Å². The van der Waals surface area contributed by atoms with E-state index < -0.39 is 0 Å². The van der Waals surface area contributed by atoms with Crippen LogP contribution >= 0.6 is 0 Å². The molecule has 0 spiro atoms. The minimum atomic E-state index is 0.334. The highest BCUT2D eigenvalue weighted by molar-refractivity contribution is 5.39. The second kappa shape index (κ2) is 6.64. The van der Waals surface area contributed by atoms with E-state index >= 15 is 0 Å². The third-order valence-corrected chi connectivity index (χ3v) is 3.19. The molecule has 0 amide bonds. The number of benzene rings is 1. The Bertz CT molecular complexity index is 361. The van der Waals surface area contributed by atoms with E-state index in [9.17, 15) is 0 Å². The summed E-state index contributed by atoms with van der Waals surface area (Å²) in [5.41, 5.74) is 0. The average molecular weight is 249 g/mol. The van der Waals surface area contributed by atoms with Gasteiger partial charge in [0.1, 0.15) is 6.10 Å². The maximum Gasteiger partial charge on any atom is 0.161 e. The van der Waals surface area contributed by atoms with Crippen molar-refractivity contribution in [2.45, 2.75) is 45.3 Å². The van der Waals surface area contributed by atoms with Gasteiger partial charge in [-0.3, -0.25) is 0 Å². The number of nitrogens with one attached hydrogen (secondary N) is 1. The van der Waals surface area contributed by atoms with Crippen molar-refractivity contribution in [3.63, 3.8) is 0 Å². The molecule has 0 radical (unpaired) electrons. The summed E-state index contributed by atoms with van der Waals surface area (Å²) in [6.45, 7) is 6.02. The lowest BCUT2D eigenvalue weighted by Crippen LogP contribution is -2.46. The van der Waals surface area contributed by atoms with E-state index in [2.05, 4.69) is 19.2 Å². The molecule has 0 bridgehead atoms. The van der Waals surface area contributed by atoms with Gasteiger partial charge in [0.2, 0.25) is 0 Å². The molecular weight excluding hydrogens is 226 g/mol. The Morgan fingerprint density at radius 1 is 1.17 bits per heavy atom. The van der Waals surface area contributed by atoms with Gasteiger partial charge in [0.15, 0.2) is 11.5 Å². The van der Waals surface area contributed by atoms with E-state index in [1.807, 2.05) is 24.3 Å². The zero-order valence-corrected chi connectivity index (χ0v) is 11.3. The number of ether oxygens (including phenoxy) is 2. The van der Waals surface area contributed by atoms with Crippen LogP contribution in [0.25, 0.3) is 0 Å². The summed E-state index contributed by atoms with van der Waals surface area (Å²) in [6, 6.07) is 8.58. The van der Waals surface area contributed by atoms with Crippen LogP contribution in [0.2, 0.25) is 0 Å². The lowest BCUT2D eigenvalue weighted by Gasteiger charge is -2.36. The van der Waals surface area contributed by atoms with Crippen LogP contribution in [0.15, 0.2) is 24.3 Å². The average Bonchev–Trinajstić information content (AvgIpc) is 2.35. The molecule has 1 N–H and O–H groups in total. The van der Waals surface area contributed by atoms with Gasteiger partial charge in [0.05, 0.1) is 6.61 Å². The Morgan fingerprint density at radius 3 is 2.56 bits per heavy atom. The molecule has 100 valence electrons. The number of hydrogen-bond acceptors (Lipinski definition) is 3. The van der Waals surface area contributed by atoms with Crippen molar-refractivity contribution in [2.24, 2.45) is 0 Å². The molecule has 2 rings (SSSR count). The van der Waals surface area contributed by atoms with E-state index in [-0.39, 0.29) is 0 Å². The minimum absolute atomic E-state index is 0.334. The van der Waals surface area contributed by atoms with Gasteiger partial charge in [-0.05, 0) is 37.9 Å². The van der Waals surface area contributed by atoms with Crippen LogP contribution in [0, 0.1) is 0 Å². The molecule has 0 aromatic heterocycles. The van der Waals surface area contributed by atoms with Gasteiger partial charge in [0, 0.05) is 6.04 Å². The highest BCUT2D eigenvalue weighted by Crippen LogP contribution is 2.32. The molecule has 0 heterocycles. The first-order chi connectivity index (χ1) is 8.83. The van der Waals surface area contributed by atoms with E-state index in [0.717, 1.165) is 43.9 Å². The first kappa shape index (κ1) is 13.2. The zero-order chi connectivity index (χ0) is 12.8. The van der Waals surface area contributed by atoms with Crippen LogP contribution < -0.4 is 14.8 Å². The van der Waals surface area contributed by atoms with Gasteiger partial charge >= 0.3 is 0 Å². The molecule has 1 saturated carbocycles. The number of para-hydroxylation sites is 2. The Morgan fingerprint density at radius 2 is 1.89 bits per heavy atom. The normalized spacial score (nSPS) is 22.3. The fraction of sp³-hybridized carbons (Fsp3) is 0.600. The molecule has 3 nitrogen and oxygen atoms in total. The summed E-state index contributed by atoms with van der Waals surface area (Å²) in [6.07, 6.45) is 3.53. The van der Waals surface area contributed by atoms with Crippen molar-refractivity contribution in [1.82, 2.24) is 5.32 Å². The highest BCUT2D eigenvalue weighted by Gasteiger charge is 2.30. The van der Waals surface area contributed by atoms with Crippen molar-refractivity contribution < 1.29 is 9.47 Å². The van der Waals surface area contributed by atoms with Crippen LogP contribution in [0.3, 0.4) is 0 Å². The summed E-state index contributed by atoms with van der Waals surface area (Å²) in [5, 5.41) is 3.44. The Kier molecular flexibility index (Phi) is 4.88. The molecule has 1 aliphatic carbocycles. The van der Waals surface area contributed by atoms with Gasteiger partial charge in [0.25, 0.3) is 0 Å². The minimum Gasteiger partial charge on any atom is -0.490 e. The van der Waals surface area contributed by atoms with Crippen molar-refractivity contribution >= 4 is 0 Å². The van der Waals surface area contributed by atoms with E-state index in [1.54, 1.807) is 0 Å². The summed E-state index contributed by atoms with van der Waals surface area (Å²) in [7, 11) is 0. The van der Waals surface area contributed by atoms with Crippen molar-refractivity contribution in [2.75, 3.05) is 13.2 Å². The maximum atomic E-state index is 5.99. The molecule has 0 saturated heterocycles. The molecule has 1 aliphatic rings. The smallest absolute Gasteiger partial charge is 0.161 e. The third kappa shape index (κ3) is 3.39. The standard InChI is InChI=1S/C15H23NO2/c1-3-9-17-14-7-5-6-8-15(14)18-13-10-12(11-13)16-4-2/h5-8,12-13,16H,3-4,9-11H2,1-2H3. The van der Waals surface area contributed by atoms with E-state index in [4.69, 9.17) is 9.47 Å². The van der Waals surface area contributed by atoms with Gasteiger partial charge in [-0.25, -0.2) is 0 Å². The molecule has 1 aromatic carbocycles. The Hall–Kier alpha value is -1.22. The number of rotatable bonds is 7. The molecule has 3 heteroatoms. The third-order valence-electron chi connectivity index (χ3n) is 3.19. The molecule has 0 unspecified atom stereocenters. The Balaban J connectivity index is 1.85. The zero-order valence-electron chi connectivity index (χ0n) is 11.3. The number of hydrogen-bond donors (Lipinski definition) is 1. The molecular formula is C15H23NO2. The van der Waals surface area contributed by atoms with Crippen molar-refractivity contribution in [1.29, 1.82) is 0 Å². The second-order valence-corrected chi connectivity index (χ2v) is 4.76. The monoisotopic (exact) mass is 249 g/mol. The van der Waals surface area contributed by atoms with Crippen LogP contribution in [0.4, 0.5) is 0 Å². The van der Waals surface area contributed by atoms with Gasteiger partial charge in [-0.1, -0.05) is 26.0 Å². The Labute approximate surface area is 109 Å². The second-order valence-electron chi connectivity index (χ2n) is 4.76. The topological polar surface area (TPSA) is 30.5 Å². The van der Waals surface area contributed by atoms with Crippen LogP contribution in [-0.2, 0) is 0 Å². The van der Waals surface area contributed by atoms with Crippen LogP contribution in [0.1, 0.15) is 33.1 Å². The summed E-state index contributed by atoms with van der Waals surface area (Å²) in [4.78, 5) is 0. The molecule has 0 aliphatic heterocycles. The first-order valence-corrected chi connectivity index (χ1v) is 6.95. The molecule has 0 atom stereocenters. The first-order valence-electron chi connectivity index (χ1n) is 6.95. The summed E-state index contributed by atoms with van der Waals surface area (Å²) >= 11 is 0. The van der Waals surface area contributed by atoms with Crippen LogP contribution in [-0.4, -0.2) is 25.3 Å². The van der Waals surface area contributed by atoms with Gasteiger partial charge in [-0.15, -0.1) is 0 Å². The van der Waals surface area contributed by atoms with E-state index in [1.165, 1.54) is 0 Å². The molecule has 18 heavy (non-hydrogen) atoms. The lowest BCUT2D eigenvalue weighted by molar-refractivity contribution is 0.0819. The fourth-order valence-corrected chi connectivity index (χ4v) is 2.18. The predicted octanol–water partition coefficient (Wildman–Crippen LogP) is 2.99. The largest absolute Gasteiger partial charge is 0.490 e. The SMILES string of the molecule is CCCOc1ccccc1OC1CC(NCC)C1. The van der Waals surface area contributed by atoms with Crippen molar-refractivity contribution in [3.8, 4) is 11.5 Å².